The van der Waals surface area contributed by atoms with Crippen LogP contribution in [-0.2, 0) is 9.53 Å². The van der Waals surface area contributed by atoms with Gasteiger partial charge in [-0.05, 0) is 87.0 Å². The van der Waals surface area contributed by atoms with E-state index in [0.717, 1.165) is 56.2 Å². The Bertz CT molecular complexity index is 842. The summed E-state index contributed by atoms with van der Waals surface area (Å²) >= 11 is 0. The fraction of sp³-hybridized carbons (Fsp3) is 0.500. The number of ether oxygens (including phenoxy) is 1. The van der Waals surface area contributed by atoms with Crippen LogP contribution in [0.25, 0.3) is 0 Å². The minimum absolute atomic E-state index is 0.0857. The van der Waals surface area contributed by atoms with Gasteiger partial charge >= 0.3 is 5.97 Å². The monoisotopic (exact) mass is 417 g/mol. The van der Waals surface area contributed by atoms with E-state index in [1.54, 1.807) is 12.1 Å². The predicted molar refractivity (Wildman–Crippen MR) is 107 cm³/mol. The molecule has 6 heteroatoms. The molecular weight excluding hydrogens is 391 g/mol. The van der Waals surface area contributed by atoms with Crippen LogP contribution in [0.5, 0.6) is 0 Å². The predicted octanol–water partition coefficient (Wildman–Crippen LogP) is 6.27. The number of esters is 1. The molecule has 0 bridgehead atoms. The average molecular weight is 417 g/mol. The van der Waals surface area contributed by atoms with Gasteiger partial charge in [-0.3, -0.25) is 4.79 Å². The van der Waals surface area contributed by atoms with Gasteiger partial charge in [0.1, 0.15) is 12.2 Å². The maximum Gasteiger partial charge on any atom is 0.309 e. The molecule has 0 N–H and O–H groups in total. The van der Waals surface area contributed by atoms with E-state index >= 15 is 0 Å². The molecule has 160 valence electrons. The van der Waals surface area contributed by atoms with Gasteiger partial charge < -0.3 is 4.74 Å². The molecule has 3 rings (SSSR count). The first-order chi connectivity index (χ1) is 14.5. The smallest absolute Gasteiger partial charge is 0.309 e. The molecule has 0 heterocycles. The number of allylic oxidation sites excluding steroid dienone is 4. The number of nitriles is 1. The molecule has 0 radical (unpaired) electrons. The Kier molecular flexibility index (Phi) is 7.73. The lowest BCUT2D eigenvalue weighted by Gasteiger charge is -2.31. The fourth-order valence-corrected chi connectivity index (χ4v) is 4.42. The van der Waals surface area contributed by atoms with Gasteiger partial charge in [-0.25, -0.2) is 8.78 Å². The minimum Gasteiger partial charge on any atom is -0.462 e. The van der Waals surface area contributed by atoms with Crippen LogP contribution in [-0.4, -0.2) is 12.1 Å². The van der Waals surface area contributed by atoms with E-state index in [-0.39, 0.29) is 23.9 Å². The molecule has 1 aromatic rings. The van der Waals surface area contributed by atoms with Crippen molar-refractivity contribution in [3.05, 3.63) is 59.5 Å². The SMILES string of the molecule is N#CC(F)=C/C=C/C1CCC(OC(=O)C2CCC(c3ccc(F)c(F)c3)CC2)CC1. The quantitative estimate of drug-likeness (QED) is 0.322. The van der Waals surface area contributed by atoms with Crippen molar-refractivity contribution in [1.82, 2.24) is 0 Å². The first-order valence-corrected chi connectivity index (χ1v) is 10.6. The number of halogens is 3. The van der Waals surface area contributed by atoms with Gasteiger partial charge in [0.05, 0.1) is 5.92 Å². The van der Waals surface area contributed by atoms with E-state index in [1.807, 2.05) is 6.08 Å². The van der Waals surface area contributed by atoms with Gasteiger partial charge in [0, 0.05) is 0 Å². The van der Waals surface area contributed by atoms with Gasteiger partial charge in [0.2, 0.25) is 0 Å². The highest BCUT2D eigenvalue weighted by Crippen LogP contribution is 2.37. The molecule has 2 aliphatic rings. The molecule has 3 nitrogen and oxygen atoms in total. The molecule has 0 atom stereocenters. The normalized spacial score (nSPS) is 27.6. The van der Waals surface area contributed by atoms with Crippen LogP contribution in [0.4, 0.5) is 13.2 Å². The summed E-state index contributed by atoms with van der Waals surface area (Å²) in [7, 11) is 0. The van der Waals surface area contributed by atoms with Crippen molar-refractivity contribution in [2.24, 2.45) is 11.8 Å². The lowest BCUT2D eigenvalue weighted by atomic mass is 9.78. The second-order valence-electron chi connectivity index (χ2n) is 8.21. The Hall–Kier alpha value is -2.55. The molecule has 0 aliphatic heterocycles. The van der Waals surface area contributed by atoms with Gasteiger partial charge in [0.15, 0.2) is 17.5 Å². The van der Waals surface area contributed by atoms with Gasteiger partial charge in [-0.15, -0.1) is 0 Å². The van der Waals surface area contributed by atoms with Gasteiger partial charge in [0.25, 0.3) is 0 Å². The number of hydrogen-bond donors (Lipinski definition) is 0. The van der Waals surface area contributed by atoms with Crippen LogP contribution in [0.2, 0.25) is 0 Å². The third-order valence-electron chi connectivity index (χ3n) is 6.21. The lowest BCUT2D eigenvalue weighted by Crippen LogP contribution is -2.29. The van der Waals surface area contributed by atoms with Crippen molar-refractivity contribution < 1.29 is 22.7 Å². The van der Waals surface area contributed by atoms with Crippen molar-refractivity contribution in [3.63, 3.8) is 0 Å². The molecule has 2 saturated carbocycles. The molecule has 0 amide bonds. The zero-order chi connectivity index (χ0) is 21.5. The van der Waals surface area contributed by atoms with Crippen LogP contribution in [0, 0.1) is 34.8 Å². The molecule has 0 spiro atoms. The summed E-state index contributed by atoms with van der Waals surface area (Å²) in [5.41, 5.74) is 0.789. The third kappa shape index (κ3) is 5.98. The van der Waals surface area contributed by atoms with E-state index in [1.165, 1.54) is 12.1 Å². The van der Waals surface area contributed by atoms with Gasteiger partial charge in [-0.1, -0.05) is 18.2 Å². The molecule has 2 fully saturated rings. The zero-order valence-corrected chi connectivity index (χ0v) is 16.8. The fourth-order valence-electron chi connectivity index (χ4n) is 4.42. The maximum absolute atomic E-state index is 13.5. The highest BCUT2D eigenvalue weighted by atomic mass is 19.2. The van der Waals surface area contributed by atoms with E-state index in [4.69, 9.17) is 10.00 Å². The number of rotatable bonds is 5. The van der Waals surface area contributed by atoms with E-state index in [0.29, 0.717) is 18.8 Å². The van der Waals surface area contributed by atoms with Crippen molar-refractivity contribution >= 4 is 5.97 Å². The zero-order valence-electron chi connectivity index (χ0n) is 16.8. The summed E-state index contributed by atoms with van der Waals surface area (Å²) in [5, 5.41) is 8.39. The topological polar surface area (TPSA) is 50.1 Å². The summed E-state index contributed by atoms with van der Waals surface area (Å²) in [6.07, 6.45) is 10.7. The summed E-state index contributed by atoms with van der Waals surface area (Å²) in [4.78, 5) is 12.5. The van der Waals surface area contributed by atoms with Crippen LogP contribution in [0.3, 0.4) is 0 Å². The Balaban J connectivity index is 1.41. The molecule has 0 unspecified atom stereocenters. The number of benzene rings is 1. The van der Waals surface area contributed by atoms with E-state index in [9.17, 15) is 18.0 Å². The van der Waals surface area contributed by atoms with Crippen LogP contribution < -0.4 is 0 Å². The Labute approximate surface area is 175 Å². The van der Waals surface area contributed by atoms with Crippen molar-refractivity contribution in [2.75, 3.05) is 0 Å². The number of carbonyl (C=O) groups is 1. The number of carbonyl (C=O) groups excluding carboxylic acids is 1. The van der Waals surface area contributed by atoms with Crippen molar-refractivity contribution in [3.8, 4) is 6.07 Å². The molecule has 0 saturated heterocycles. The van der Waals surface area contributed by atoms with Crippen LogP contribution in [0.1, 0.15) is 62.8 Å². The maximum atomic E-state index is 13.5. The Morgan fingerprint density at radius 3 is 2.37 bits per heavy atom. The molecular formula is C24H26F3NO2. The largest absolute Gasteiger partial charge is 0.462 e. The third-order valence-corrected chi connectivity index (χ3v) is 6.21. The second kappa shape index (κ2) is 10.5. The average Bonchev–Trinajstić information content (AvgIpc) is 2.76. The molecule has 0 aromatic heterocycles. The number of hydrogen-bond acceptors (Lipinski definition) is 3. The first-order valence-electron chi connectivity index (χ1n) is 10.6. The van der Waals surface area contributed by atoms with Crippen molar-refractivity contribution in [1.29, 1.82) is 5.26 Å². The Morgan fingerprint density at radius 1 is 1.03 bits per heavy atom. The molecule has 30 heavy (non-hydrogen) atoms. The highest BCUT2D eigenvalue weighted by molar-refractivity contribution is 5.72. The minimum atomic E-state index is -0.841. The van der Waals surface area contributed by atoms with Crippen LogP contribution in [0.15, 0.2) is 42.3 Å². The van der Waals surface area contributed by atoms with E-state index in [2.05, 4.69) is 0 Å². The van der Waals surface area contributed by atoms with Crippen LogP contribution >= 0.6 is 0 Å². The Morgan fingerprint density at radius 2 is 1.73 bits per heavy atom. The standard InChI is InChI=1S/C24H26F3NO2/c25-20(15-28)3-1-2-16-4-11-21(12-5-16)30-24(29)18-8-6-17(7-9-18)19-10-13-22(26)23(27)14-19/h1-3,10,13-14,16-18,21H,4-9,11-12H2/b2-1+,20-3?. The summed E-state index contributed by atoms with van der Waals surface area (Å²) in [6.45, 7) is 0. The van der Waals surface area contributed by atoms with Gasteiger partial charge in [-0.2, -0.15) is 9.65 Å². The summed E-state index contributed by atoms with van der Waals surface area (Å²) in [5.74, 6) is -2.33. The van der Waals surface area contributed by atoms with E-state index < -0.39 is 17.5 Å². The summed E-state index contributed by atoms with van der Waals surface area (Å²) in [6, 6.07) is 5.48. The first kappa shape index (κ1) is 22.1. The number of nitrogens with zero attached hydrogens (tertiary/aromatic N) is 1. The molecule has 1 aromatic carbocycles. The highest BCUT2D eigenvalue weighted by Gasteiger charge is 2.31. The summed E-state index contributed by atoms with van der Waals surface area (Å²) < 4.78 is 45.1. The molecule has 2 aliphatic carbocycles. The lowest BCUT2D eigenvalue weighted by molar-refractivity contribution is -0.157. The van der Waals surface area contributed by atoms with Crippen molar-refractivity contribution in [2.45, 2.75) is 63.4 Å². The second-order valence-corrected chi connectivity index (χ2v) is 8.21.